The first-order valence-electron chi connectivity index (χ1n) is 9.98. The molecule has 2 aromatic carbocycles. The van der Waals surface area contributed by atoms with Crippen molar-refractivity contribution in [3.8, 4) is 5.69 Å². The highest BCUT2D eigenvalue weighted by atomic mass is 35.5. The van der Waals surface area contributed by atoms with Gasteiger partial charge in [0.1, 0.15) is 0 Å². The second-order valence-electron chi connectivity index (χ2n) is 8.56. The predicted octanol–water partition coefficient (Wildman–Crippen LogP) is 6.23. The van der Waals surface area contributed by atoms with E-state index in [9.17, 15) is 4.79 Å². The quantitative estimate of drug-likeness (QED) is 0.410. The van der Waals surface area contributed by atoms with Crippen molar-refractivity contribution in [1.82, 2.24) is 20.1 Å². The Kier molecular flexibility index (Phi) is 7.68. The summed E-state index contributed by atoms with van der Waals surface area (Å²) in [6, 6.07) is 13.5. The molecule has 0 atom stereocenters. The third-order valence-corrected chi connectivity index (χ3v) is 6.13. The monoisotopic (exact) mass is 476 g/mol. The molecule has 0 aliphatic rings. The summed E-state index contributed by atoms with van der Waals surface area (Å²) in [5.74, 6) is 1.30. The van der Waals surface area contributed by atoms with Gasteiger partial charge in [0.2, 0.25) is 5.91 Å². The normalized spacial score (nSPS) is 11.5. The first kappa shape index (κ1) is 23.6. The van der Waals surface area contributed by atoms with Gasteiger partial charge < -0.3 is 5.32 Å². The van der Waals surface area contributed by atoms with Gasteiger partial charge in [-0.15, -0.1) is 10.2 Å². The van der Waals surface area contributed by atoms with E-state index in [4.69, 9.17) is 23.2 Å². The number of halogens is 2. The minimum absolute atomic E-state index is 0.0339. The van der Waals surface area contributed by atoms with Crippen LogP contribution >= 0.6 is 35.0 Å². The third kappa shape index (κ3) is 6.48. The fourth-order valence-electron chi connectivity index (χ4n) is 3.04. The van der Waals surface area contributed by atoms with E-state index < -0.39 is 0 Å². The maximum absolute atomic E-state index is 12.3. The molecule has 3 rings (SSSR count). The van der Waals surface area contributed by atoms with Crippen molar-refractivity contribution in [3.05, 3.63) is 69.5 Å². The van der Waals surface area contributed by atoms with E-state index in [1.807, 2.05) is 37.5 Å². The highest BCUT2D eigenvalue weighted by molar-refractivity contribution is 7.98. The zero-order valence-corrected chi connectivity index (χ0v) is 20.4. The number of amides is 1. The van der Waals surface area contributed by atoms with Crippen molar-refractivity contribution in [2.75, 3.05) is 0 Å². The molecule has 1 heterocycles. The lowest BCUT2D eigenvalue weighted by Crippen LogP contribution is -2.28. The summed E-state index contributed by atoms with van der Waals surface area (Å²) in [5, 5.41) is 13.5. The molecule has 0 radical (unpaired) electrons. The molecule has 0 unspecified atom stereocenters. The molecule has 5 nitrogen and oxygen atoms in total. The zero-order valence-electron chi connectivity index (χ0n) is 18.1. The molecule has 1 amide bonds. The van der Waals surface area contributed by atoms with Crippen molar-refractivity contribution >= 4 is 40.9 Å². The average Bonchev–Trinajstić information content (AvgIpc) is 3.09. The van der Waals surface area contributed by atoms with E-state index in [1.54, 1.807) is 30.0 Å². The predicted molar refractivity (Wildman–Crippen MR) is 128 cm³/mol. The number of carbonyl (C=O) groups is 1. The third-order valence-electron chi connectivity index (χ3n) is 4.60. The lowest BCUT2D eigenvalue weighted by atomic mass is 9.92. The number of aryl methyl sites for hydroxylation is 1. The van der Waals surface area contributed by atoms with Gasteiger partial charge in [-0.2, -0.15) is 0 Å². The number of rotatable bonds is 7. The summed E-state index contributed by atoms with van der Waals surface area (Å²) < 4.78 is 1.87. The minimum Gasteiger partial charge on any atom is -0.349 e. The summed E-state index contributed by atoms with van der Waals surface area (Å²) >= 11 is 14.3. The van der Waals surface area contributed by atoms with Gasteiger partial charge in [0, 0.05) is 17.2 Å². The standard InChI is InChI=1S/C23H26Cl2N4OS/c1-15-7-5-6-8-16(15)14-31-22-28-27-20(13-26-21(30)12-23(2,3)4)29(22)19-11-17(24)9-10-18(19)25/h5-11H,12-14H2,1-4H3,(H,26,30). The fraction of sp³-hybridized carbons (Fsp3) is 0.348. The van der Waals surface area contributed by atoms with Gasteiger partial charge in [-0.25, -0.2) is 0 Å². The molecule has 1 N–H and O–H groups in total. The van der Waals surface area contributed by atoms with E-state index in [-0.39, 0.29) is 17.9 Å². The summed E-state index contributed by atoms with van der Waals surface area (Å²) in [6.45, 7) is 8.42. The van der Waals surface area contributed by atoms with Crippen LogP contribution < -0.4 is 5.32 Å². The Morgan fingerprint density at radius 1 is 1.13 bits per heavy atom. The SMILES string of the molecule is Cc1ccccc1CSc1nnc(CNC(=O)CC(C)(C)C)n1-c1cc(Cl)ccc1Cl. The van der Waals surface area contributed by atoms with Crippen LogP contribution in [0, 0.1) is 12.3 Å². The van der Waals surface area contributed by atoms with Crippen LogP contribution in [0.5, 0.6) is 0 Å². The maximum atomic E-state index is 12.3. The maximum Gasteiger partial charge on any atom is 0.220 e. The van der Waals surface area contributed by atoms with E-state index in [2.05, 4.69) is 34.6 Å². The van der Waals surface area contributed by atoms with Gasteiger partial charge >= 0.3 is 0 Å². The first-order valence-corrected chi connectivity index (χ1v) is 11.7. The number of thioether (sulfide) groups is 1. The van der Waals surface area contributed by atoms with Crippen molar-refractivity contribution in [3.63, 3.8) is 0 Å². The Hall–Kier alpha value is -2.02. The zero-order chi connectivity index (χ0) is 22.6. The Morgan fingerprint density at radius 2 is 1.87 bits per heavy atom. The van der Waals surface area contributed by atoms with E-state index in [0.717, 1.165) is 5.75 Å². The van der Waals surface area contributed by atoms with Crippen LogP contribution in [-0.2, 0) is 17.1 Å². The van der Waals surface area contributed by atoms with Crippen LogP contribution in [0.4, 0.5) is 0 Å². The lowest BCUT2D eigenvalue weighted by molar-refractivity contribution is -0.123. The van der Waals surface area contributed by atoms with E-state index >= 15 is 0 Å². The molecule has 1 aromatic heterocycles. The van der Waals surface area contributed by atoms with Crippen LogP contribution in [0.1, 0.15) is 44.1 Å². The van der Waals surface area contributed by atoms with Crippen LogP contribution in [0.3, 0.4) is 0 Å². The molecule has 0 bridgehead atoms. The molecule has 8 heteroatoms. The molecule has 0 fully saturated rings. The highest BCUT2D eigenvalue weighted by Gasteiger charge is 2.20. The van der Waals surface area contributed by atoms with Crippen LogP contribution in [0.25, 0.3) is 5.69 Å². The van der Waals surface area contributed by atoms with Crippen molar-refractivity contribution in [2.45, 2.75) is 51.6 Å². The van der Waals surface area contributed by atoms with Crippen LogP contribution in [0.15, 0.2) is 47.6 Å². The van der Waals surface area contributed by atoms with Gasteiger partial charge in [-0.05, 0) is 41.7 Å². The molecule has 31 heavy (non-hydrogen) atoms. The molecular formula is C23H26Cl2N4OS. The van der Waals surface area contributed by atoms with Gasteiger partial charge in [-0.3, -0.25) is 9.36 Å². The van der Waals surface area contributed by atoms with E-state index in [0.29, 0.717) is 33.1 Å². The average molecular weight is 477 g/mol. The smallest absolute Gasteiger partial charge is 0.220 e. The number of aromatic nitrogens is 3. The lowest BCUT2D eigenvalue weighted by Gasteiger charge is -2.17. The van der Waals surface area contributed by atoms with Gasteiger partial charge in [0.25, 0.3) is 0 Å². The number of carbonyl (C=O) groups excluding carboxylic acids is 1. The minimum atomic E-state index is -0.0947. The first-order chi connectivity index (χ1) is 14.6. The number of hydrogen-bond acceptors (Lipinski definition) is 4. The molecule has 0 saturated heterocycles. The van der Waals surface area contributed by atoms with Crippen LogP contribution in [-0.4, -0.2) is 20.7 Å². The summed E-state index contributed by atoms with van der Waals surface area (Å²) in [4.78, 5) is 12.3. The Bertz CT molecular complexity index is 1080. The van der Waals surface area contributed by atoms with Gasteiger partial charge in [0.15, 0.2) is 11.0 Å². The number of hydrogen-bond donors (Lipinski definition) is 1. The van der Waals surface area contributed by atoms with Crippen molar-refractivity contribution in [2.24, 2.45) is 5.41 Å². The van der Waals surface area contributed by atoms with Gasteiger partial charge in [-0.1, -0.05) is 80.0 Å². The molecule has 0 saturated carbocycles. The van der Waals surface area contributed by atoms with Crippen LogP contribution in [0.2, 0.25) is 10.0 Å². The Balaban J connectivity index is 1.89. The Labute approximate surface area is 197 Å². The molecular weight excluding hydrogens is 451 g/mol. The highest BCUT2D eigenvalue weighted by Crippen LogP contribution is 2.31. The fourth-order valence-corrected chi connectivity index (χ4v) is 4.45. The van der Waals surface area contributed by atoms with Crippen molar-refractivity contribution < 1.29 is 4.79 Å². The number of nitrogens with zero attached hydrogens (tertiary/aromatic N) is 3. The van der Waals surface area contributed by atoms with E-state index in [1.165, 1.54) is 11.1 Å². The molecule has 0 aliphatic carbocycles. The van der Waals surface area contributed by atoms with Gasteiger partial charge in [0.05, 0.1) is 17.3 Å². The second-order valence-corrected chi connectivity index (χ2v) is 10.3. The molecule has 0 aliphatic heterocycles. The summed E-state index contributed by atoms with van der Waals surface area (Å²) in [7, 11) is 0. The molecule has 0 spiro atoms. The summed E-state index contributed by atoms with van der Waals surface area (Å²) in [6.07, 6.45) is 0.425. The number of nitrogens with one attached hydrogen (secondary N) is 1. The number of benzene rings is 2. The second kappa shape index (κ2) is 10.1. The van der Waals surface area contributed by atoms with Crippen molar-refractivity contribution in [1.29, 1.82) is 0 Å². The molecule has 3 aromatic rings. The Morgan fingerprint density at radius 3 is 2.58 bits per heavy atom. The largest absolute Gasteiger partial charge is 0.349 e. The topological polar surface area (TPSA) is 59.8 Å². The summed E-state index contributed by atoms with van der Waals surface area (Å²) in [5.41, 5.74) is 3.03. The molecule has 164 valence electrons.